The molecule has 3 nitrogen and oxygen atoms in total. The van der Waals surface area contributed by atoms with Crippen molar-refractivity contribution in [2.24, 2.45) is 0 Å². The van der Waals surface area contributed by atoms with E-state index >= 15 is 0 Å². The van der Waals surface area contributed by atoms with E-state index in [9.17, 15) is 18.0 Å². The fourth-order valence-corrected chi connectivity index (χ4v) is 4.01. The summed E-state index contributed by atoms with van der Waals surface area (Å²) in [6.45, 7) is 10.9. The Hall–Kier alpha value is -0.430. The van der Waals surface area contributed by atoms with Gasteiger partial charge in [-0.25, -0.2) is 0 Å². The van der Waals surface area contributed by atoms with E-state index in [2.05, 4.69) is 33.0 Å². The lowest BCUT2D eigenvalue weighted by atomic mass is 9.79. The van der Waals surface area contributed by atoms with Crippen LogP contribution in [0.3, 0.4) is 0 Å². The van der Waals surface area contributed by atoms with Crippen LogP contribution in [0.4, 0.5) is 13.2 Å². The van der Waals surface area contributed by atoms with Gasteiger partial charge in [-0.05, 0) is 58.7 Å². The van der Waals surface area contributed by atoms with Gasteiger partial charge in [-0.2, -0.15) is 13.2 Å². The van der Waals surface area contributed by atoms with Gasteiger partial charge in [0.1, 0.15) is 0 Å². The lowest BCUT2D eigenvalue weighted by molar-refractivity contribution is -0.132. The first-order valence-corrected chi connectivity index (χ1v) is 9.13. The minimum atomic E-state index is -4.36. The number of carbonyl (C=O) groups excluding carboxylic acids is 1. The molecule has 23 heavy (non-hydrogen) atoms. The summed E-state index contributed by atoms with van der Waals surface area (Å²) in [6.07, 6.45) is 3.23. The molecule has 1 heterocycles. The predicted molar refractivity (Wildman–Crippen MR) is 89.4 cm³/mol. The Bertz CT molecular complexity index is 395. The molecule has 1 N–H and O–H groups in total. The van der Waals surface area contributed by atoms with E-state index in [1.807, 2.05) is 6.92 Å². The fourth-order valence-electron chi connectivity index (χ4n) is 3.55. The molecular weight excluding hydrogens is 325 g/mol. The SMILES string of the molecule is CCCCN(C(=O)CSC(F)(F)F)C1CC(C)(C)NC(C)(C)C1. The third-order valence-corrected chi connectivity index (χ3v) is 4.76. The number of nitrogens with zero attached hydrogens (tertiary/aromatic N) is 1. The number of carbonyl (C=O) groups is 1. The molecule has 1 saturated heterocycles. The summed E-state index contributed by atoms with van der Waals surface area (Å²) in [7, 11) is 0. The normalized spacial score (nSPS) is 21.2. The monoisotopic (exact) mass is 354 g/mol. The van der Waals surface area contributed by atoms with Crippen LogP contribution in [0, 0.1) is 0 Å². The van der Waals surface area contributed by atoms with Gasteiger partial charge in [0.25, 0.3) is 0 Å². The third-order valence-electron chi connectivity index (χ3n) is 4.04. The average molecular weight is 354 g/mol. The summed E-state index contributed by atoms with van der Waals surface area (Å²) < 4.78 is 37.2. The zero-order chi connectivity index (χ0) is 17.9. The number of thioether (sulfide) groups is 1. The van der Waals surface area contributed by atoms with E-state index in [4.69, 9.17) is 0 Å². The number of unbranched alkanes of at least 4 members (excludes halogenated alkanes) is 1. The minimum absolute atomic E-state index is 0.0193. The van der Waals surface area contributed by atoms with Crippen molar-refractivity contribution in [2.45, 2.75) is 82.9 Å². The lowest BCUT2D eigenvalue weighted by Gasteiger charge is -2.49. The van der Waals surface area contributed by atoms with Crippen LogP contribution < -0.4 is 5.32 Å². The zero-order valence-corrected chi connectivity index (χ0v) is 15.5. The first-order valence-electron chi connectivity index (χ1n) is 8.15. The summed E-state index contributed by atoms with van der Waals surface area (Å²) in [5.41, 5.74) is -4.65. The fraction of sp³-hybridized carbons (Fsp3) is 0.938. The largest absolute Gasteiger partial charge is 0.442 e. The van der Waals surface area contributed by atoms with Gasteiger partial charge < -0.3 is 10.2 Å². The van der Waals surface area contributed by atoms with Crippen LogP contribution in [-0.2, 0) is 4.79 Å². The molecule has 1 aliphatic rings. The molecule has 0 saturated carbocycles. The predicted octanol–water partition coefficient (Wildman–Crippen LogP) is 4.18. The molecule has 7 heteroatoms. The third kappa shape index (κ3) is 7.33. The molecule has 0 spiro atoms. The van der Waals surface area contributed by atoms with Crippen LogP contribution >= 0.6 is 11.8 Å². The van der Waals surface area contributed by atoms with Crippen LogP contribution in [0.2, 0.25) is 0 Å². The minimum Gasteiger partial charge on any atom is -0.339 e. The van der Waals surface area contributed by atoms with Crippen LogP contribution in [-0.4, -0.2) is 45.7 Å². The summed E-state index contributed by atoms with van der Waals surface area (Å²) in [5, 5.41) is 3.54. The van der Waals surface area contributed by atoms with Crippen molar-refractivity contribution in [1.82, 2.24) is 10.2 Å². The van der Waals surface area contributed by atoms with Gasteiger partial charge in [0.05, 0.1) is 5.75 Å². The average Bonchev–Trinajstić information content (AvgIpc) is 2.32. The highest BCUT2D eigenvalue weighted by atomic mass is 32.2. The van der Waals surface area contributed by atoms with Crippen molar-refractivity contribution in [1.29, 1.82) is 0 Å². The van der Waals surface area contributed by atoms with Crippen molar-refractivity contribution in [3.8, 4) is 0 Å². The molecule has 0 unspecified atom stereocenters. The smallest absolute Gasteiger partial charge is 0.339 e. The molecular formula is C16H29F3N2OS. The van der Waals surface area contributed by atoms with Gasteiger partial charge in [-0.1, -0.05) is 13.3 Å². The molecule has 1 aliphatic heterocycles. The molecule has 0 aliphatic carbocycles. The Morgan fingerprint density at radius 1 is 1.22 bits per heavy atom. The Morgan fingerprint density at radius 2 is 1.74 bits per heavy atom. The lowest BCUT2D eigenvalue weighted by Crippen LogP contribution is -2.63. The maximum atomic E-state index is 12.4. The summed E-state index contributed by atoms with van der Waals surface area (Å²) in [4.78, 5) is 14.1. The molecule has 0 radical (unpaired) electrons. The van der Waals surface area contributed by atoms with Crippen molar-refractivity contribution in [3.05, 3.63) is 0 Å². The van der Waals surface area contributed by atoms with E-state index in [1.165, 1.54) is 0 Å². The van der Waals surface area contributed by atoms with E-state index in [0.717, 1.165) is 25.7 Å². The van der Waals surface area contributed by atoms with Crippen molar-refractivity contribution < 1.29 is 18.0 Å². The second kappa shape index (κ2) is 7.64. The van der Waals surface area contributed by atoms with Gasteiger partial charge in [-0.3, -0.25) is 4.79 Å². The summed E-state index contributed by atoms with van der Waals surface area (Å²) >= 11 is -0.240. The first-order chi connectivity index (χ1) is 10.4. The highest BCUT2D eigenvalue weighted by molar-refractivity contribution is 8.00. The number of amides is 1. The quantitative estimate of drug-likeness (QED) is 0.777. The van der Waals surface area contributed by atoms with E-state index in [0.29, 0.717) is 6.54 Å². The molecule has 1 amide bonds. The van der Waals surface area contributed by atoms with Gasteiger partial charge in [0, 0.05) is 23.7 Å². The molecule has 1 fully saturated rings. The molecule has 1 rings (SSSR count). The van der Waals surface area contributed by atoms with E-state index in [-0.39, 0.29) is 28.9 Å². The molecule has 0 aromatic heterocycles. The number of halogens is 3. The second-order valence-electron chi connectivity index (χ2n) is 7.63. The van der Waals surface area contributed by atoms with Crippen molar-refractivity contribution >= 4 is 17.7 Å². The highest BCUT2D eigenvalue weighted by Gasteiger charge is 2.41. The molecule has 0 bridgehead atoms. The maximum Gasteiger partial charge on any atom is 0.442 e. The maximum absolute atomic E-state index is 12.4. The van der Waals surface area contributed by atoms with Crippen LogP contribution in [0.15, 0.2) is 0 Å². The van der Waals surface area contributed by atoms with Crippen LogP contribution in [0.5, 0.6) is 0 Å². The Morgan fingerprint density at radius 3 is 2.17 bits per heavy atom. The number of piperidine rings is 1. The topological polar surface area (TPSA) is 32.3 Å². The molecule has 0 atom stereocenters. The highest BCUT2D eigenvalue weighted by Crippen LogP contribution is 2.34. The number of hydrogen-bond acceptors (Lipinski definition) is 3. The molecule has 0 aromatic carbocycles. The van der Waals surface area contributed by atoms with Crippen molar-refractivity contribution in [3.63, 3.8) is 0 Å². The Labute approximate surface area is 141 Å². The summed E-state index contributed by atoms with van der Waals surface area (Å²) in [6, 6.07) is -0.0193. The van der Waals surface area contributed by atoms with Gasteiger partial charge in [0.2, 0.25) is 5.91 Å². The van der Waals surface area contributed by atoms with Crippen LogP contribution in [0.25, 0.3) is 0 Å². The summed E-state index contributed by atoms with van der Waals surface area (Å²) in [5.74, 6) is -0.933. The standard InChI is InChI=1S/C16H29F3N2OS/c1-6-7-8-21(13(22)11-23-16(17,18)19)12-9-14(2,3)20-15(4,5)10-12/h12,20H,6-11H2,1-5H3. The van der Waals surface area contributed by atoms with E-state index < -0.39 is 17.2 Å². The molecule has 136 valence electrons. The van der Waals surface area contributed by atoms with Gasteiger partial charge in [0.15, 0.2) is 0 Å². The van der Waals surface area contributed by atoms with Gasteiger partial charge >= 0.3 is 5.51 Å². The van der Waals surface area contributed by atoms with Crippen LogP contribution in [0.1, 0.15) is 60.3 Å². The number of nitrogens with one attached hydrogen (secondary N) is 1. The molecule has 0 aromatic rings. The van der Waals surface area contributed by atoms with E-state index in [1.54, 1.807) is 4.90 Å². The number of rotatable bonds is 6. The van der Waals surface area contributed by atoms with Gasteiger partial charge in [-0.15, -0.1) is 0 Å². The second-order valence-corrected chi connectivity index (χ2v) is 8.67. The Balaban J connectivity index is 2.85. The first kappa shape index (κ1) is 20.6. The number of alkyl halides is 3. The Kier molecular flexibility index (Phi) is 6.84. The zero-order valence-electron chi connectivity index (χ0n) is 14.7. The number of hydrogen-bond donors (Lipinski definition) is 1. The van der Waals surface area contributed by atoms with Crippen molar-refractivity contribution in [2.75, 3.05) is 12.3 Å².